The van der Waals surface area contributed by atoms with Crippen molar-refractivity contribution in [2.24, 2.45) is 0 Å². The molecular weight excluding hydrogens is 228 g/mol. The van der Waals surface area contributed by atoms with Crippen LogP contribution in [0.2, 0.25) is 5.15 Å². The van der Waals surface area contributed by atoms with E-state index in [-0.39, 0.29) is 5.91 Å². The summed E-state index contributed by atoms with van der Waals surface area (Å²) in [5.74, 6) is 0.809. The highest BCUT2D eigenvalue weighted by molar-refractivity contribution is 6.29. The summed E-state index contributed by atoms with van der Waals surface area (Å²) < 4.78 is 1.60. The summed E-state index contributed by atoms with van der Waals surface area (Å²) >= 11 is 5.83. The topological polar surface area (TPSA) is 50.5 Å². The summed E-state index contributed by atoms with van der Waals surface area (Å²) in [6.07, 6.45) is 3.13. The van der Waals surface area contributed by atoms with Crippen molar-refractivity contribution >= 4 is 29.0 Å². The monoisotopic (exact) mass is 236 g/mol. The van der Waals surface area contributed by atoms with E-state index in [2.05, 4.69) is 10.1 Å². The molecule has 2 aromatic heterocycles. The van der Waals surface area contributed by atoms with Crippen LogP contribution in [0, 0.1) is 0 Å². The van der Waals surface area contributed by atoms with Gasteiger partial charge in [-0.2, -0.15) is 9.61 Å². The smallest absolute Gasteiger partial charge is 0.228 e. The molecule has 3 rings (SSSR count). The highest BCUT2D eigenvalue weighted by Crippen LogP contribution is 2.22. The molecule has 0 aliphatic carbocycles. The average Bonchev–Trinajstić information content (AvgIpc) is 2.83. The first-order chi connectivity index (χ1) is 7.75. The SMILES string of the molecule is O=C1CCCN1c1cnc2ccc(Cl)nn12. The lowest BCUT2D eigenvalue weighted by Crippen LogP contribution is -2.25. The summed E-state index contributed by atoms with van der Waals surface area (Å²) in [5, 5.41) is 4.53. The zero-order chi connectivity index (χ0) is 11.1. The molecular formula is C10H9ClN4O. The normalized spacial score (nSPS) is 16.3. The Morgan fingerprint density at radius 2 is 2.25 bits per heavy atom. The van der Waals surface area contributed by atoms with Gasteiger partial charge >= 0.3 is 0 Å². The minimum absolute atomic E-state index is 0.114. The third-order valence-corrected chi connectivity index (χ3v) is 2.86. The van der Waals surface area contributed by atoms with Crippen LogP contribution >= 0.6 is 11.6 Å². The van der Waals surface area contributed by atoms with Gasteiger partial charge in [0.1, 0.15) is 5.15 Å². The first-order valence-corrected chi connectivity index (χ1v) is 5.44. The average molecular weight is 237 g/mol. The van der Waals surface area contributed by atoms with Crippen LogP contribution in [0.15, 0.2) is 18.3 Å². The summed E-state index contributed by atoms with van der Waals surface area (Å²) in [4.78, 5) is 17.5. The molecule has 2 aromatic rings. The van der Waals surface area contributed by atoms with Crippen LogP contribution in [0.4, 0.5) is 5.82 Å². The highest BCUT2D eigenvalue weighted by atomic mass is 35.5. The van der Waals surface area contributed by atoms with Crippen molar-refractivity contribution in [3.63, 3.8) is 0 Å². The number of amides is 1. The Morgan fingerprint density at radius 1 is 1.38 bits per heavy atom. The van der Waals surface area contributed by atoms with E-state index in [0.29, 0.717) is 23.0 Å². The molecule has 16 heavy (non-hydrogen) atoms. The van der Waals surface area contributed by atoms with Gasteiger partial charge in [0.25, 0.3) is 0 Å². The third kappa shape index (κ3) is 1.36. The largest absolute Gasteiger partial charge is 0.295 e. The van der Waals surface area contributed by atoms with E-state index in [9.17, 15) is 4.79 Å². The van der Waals surface area contributed by atoms with Gasteiger partial charge in [-0.15, -0.1) is 0 Å². The van der Waals surface area contributed by atoms with Gasteiger partial charge in [0.15, 0.2) is 11.5 Å². The molecule has 6 heteroatoms. The third-order valence-electron chi connectivity index (χ3n) is 2.66. The maximum Gasteiger partial charge on any atom is 0.228 e. The van der Waals surface area contributed by atoms with Crippen LogP contribution < -0.4 is 4.90 Å². The van der Waals surface area contributed by atoms with Gasteiger partial charge in [0.05, 0.1) is 6.20 Å². The number of anilines is 1. The molecule has 0 saturated carbocycles. The molecule has 3 heterocycles. The van der Waals surface area contributed by atoms with Crippen molar-refractivity contribution in [3.05, 3.63) is 23.5 Å². The second-order valence-electron chi connectivity index (χ2n) is 3.69. The Hall–Kier alpha value is -1.62. The highest BCUT2D eigenvalue weighted by Gasteiger charge is 2.24. The number of fused-ring (bicyclic) bond motifs is 1. The maximum atomic E-state index is 11.6. The number of imidazole rings is 1. The molecule has 0 atom stereocenters. The van der Waals surface area contributed by atoms with Gasteiger partial charge < -0.3 is 0 Å². The quantitative estimate of drug-likeness (QED) is 0.754. The lowest BCUT2D eigenvalue weighted by molar-refractivity contribution is -0.117. The summed E-state index contributed by atoms with van der Waals surface area (Å²) in [5.41, 5.74) is 0.694. The summed E-state index contributed by atoms with van der Waals surface area (Å²) in [6.45, 7) is 0.723. The molecule has 0 bridgehead atoms. The molecule has 1 saturated heterocycles. The Morgan fingerprint density at radius 3 is 3.00 bits per heavy atom. The lowest BCUT2D eigenvalue weighted by atomic mass is 10.4. The fourth-order valence-electron chi connectivity index (χ4n) is 1.91. The number of hydrogen-bond acceptors (Lipinski definition) is 3. The van der Waals surface area contributed by atoms with E-state index >= 15 is 0 Å². The number of aromatic nitrogens is 3. The summed E-state index contributed by atoms with van der Waals surface area (Å²) in [7, 11) is 0. The molecule has 0 unspecified atom stereocenters. The van der Waals surface area contributed by atoms with Crippen LogP contribution in [-0.2, 0) is 4.79 Å². The standard InChI is InChI=1S/C10H9ClN4O/c11-7-3-4-8-12-6-9(15(8)13-7)14-5-1-2-10(14)16/h3-4,6H,1-2,5H2. The fourth-order valence-corrected chi connectivity index (χ4v) is 2.05. The van der Waals surface area contributed by atoms with E-state index in [1.165, 1.54) is 0 Å². The van der Waals surface area contributed by atoms with Gasteiger partial charge in [-0.1, -0.05) is 11.6 Å². The Balaban J connectivity index is 2.16. The summed E-state index contributed by atoms with van der Waals surface area (Å²) in [6, 6.07) is 3.46. The number of carbonyl (C=O) groups is 1. The molecule has 1 aliphatic heterocycles. The predicted octanol–water partition coefficient (Wildman–Crippen LogP) is 1.51. The molecule has 1 amide bonds. The second-order valence-corrected chi connectivity index (χ2v) is 4.08. The van der Waals surface area contributed by atoms with E-state index in [1.807, 2.05) is 0 Å². The van der Waals surface area contributed by atoms with E-state index < -0.39 is 0 Å². The zero-order valence-corrected chi connectivity index (χ0v) is 9.18. The van der Waals surface area contributed by atoms with Crippen molar-refractivity contribution in [1.82, 2.24) is 14.6 Å². The first kappa shape index (κ1) is 9.59. The molecule has 1 aliphatic rings. The number of hydrogen-bond donors (Lipinski definition) is 0. The molecule has 0 N–H and O–H groups in total. The Labute approximate surface area is 96.6 Å². The van der Waals surface area contributed by atoms with Crippen LogP contribution in [0.1, 0.15) is 12.8 Å². The van der Waals surface area contributed by atoms with Crippen molar-refractivity contribution in [3.8, 4) is 0 Å². The minimum atomic E-state index is 0.114. The fraction of sp³-hybridized carbons (Fsp3) is 0.300. The van der Waals surface area contributed by atoms with E-state index in [1.54, 1.807) is 27.7 Å². The Kier molecular flexibility index (Phi) is 2.07. The van der Waals surface area contributed by atoms with Crippen molar-refractivity contribution in [1.29, 1.82) is 0 Å². The Bertz CT molecular complexity index is 565. The number of rotatable bonds is 1. The van der Waals surface area contributed by atoms with Crippen LogP contribution in [-0.4, -0.2) is 27.0 Å². The van der Waals surface area contributed by atoms with Crippen LogP contribution in [0.5, 0.6) is 0 Å². The van der Waals surface area contributed by atoms with E-state index in [0.717, 1.165) is 13.0 Å². The molecule has 0 aromatic carbocycles. The van der Waals surface area contributed by atoms with Crippen LogP contribution in [0.25, 0.3) is 5.65 Å². The van der Waals surface area contributed by atoms with Gasteiger partial charge in [-0.25, -0.2) is 4.98 Å². The van der Waals surface area contributed by atoms with E-state index in [4.69, 9.17) is 11.6 Å². The van der Waals surface area contributed by atoms with Crippen LogP contribution in [0.3, 0.4) is 0 Å². The van der Waals surface area contributed by atoms with Gasteiger partial charge in [-0.3, -0.25) is 9.69 Å². The number of nitrogens with zero attached hydrogens (tertiary/aromatic N) is 4. The minimum Gasteiger partial charge on any atom is -0.295 e. The molecule has 82 valence electrons. The molecule has 5 nitrogen and oxygen atoms in total. The first-order valence-electron chi connectivity index (χ1n) is 5.06. The number of carbonyl (C=O) groups excluding carboxylic acids is 1. The van der Waals surface area contributed by atoms with Gasteiger partial charge in [-0.05, 0) is 18.6 Å². The molecule has 0 radical (unpaired) electrons. The molecule has 0 spiro atoms. The number of halogens is 1. The van der Waals surface area contributed by atoms with Crippen molar-refractivity contribution < 1.29 is 4.79 Å². The second kappa shape index (κ2) is 3.45. The maximum absolute atomic E-state index is 11.6. The van der Waals surface area contributed by atoms with Crippen molar-refractivity contribution in [2.75, 3.05) is 11.4 Å². The molecule has 1 fully saturated rings. The predicted molar refractivity (Wildman–Crippen MR) is 59.6 cm³/mol. The van der Waals surface area contributed by atoms with Crippen molar-refractivity contribution in [2.45, 2.75) is 12.8 Å². The zero-order valence-electron chi connectivity index (χ0n) is 8.43. The van der Waals surface area contributed by atoms with Gasteiger partial charge in [0, 0.05) is 13.0 Å². The lowest BCUT2D eigenvalue weighted by Gasteiger charge is -2.13. The van der Waals surface area contributed by atoms with Gasteiger partial charge in [0.2, 0.25) is 5.91 Å².